The quantitative estimate of drug-likeness (QED) is 0.897. The third-order valence-corrected chi connectivity index (χ3v) is 4.52. The first-order valence-electron chi connectivity index (χ1n) is 6.77. The van der Waals surface area contributed by atoms with Crippen molar-refractivity contribution in [3.63, 3.8) is 0 Å². The molecule has 1 aromatic carbocycles. The molecule has 0 bridgehead atoms. The number of nitrogens with one attached hydrogen (secondary N) is 1. The minimum Gasteiger partial charge on any atom is -0.391 e. The molecule has 2 nitrogen and oxygen atoms in total. The van der Waals surface area contributed by atoms with Crippen LogP contribution in [0.4, 0.5) is 0 Å². The van der Waals surface area contributed by atoms with Crippen molar-refractivity contribution in [1.82, 2.24) is 5.32 Å². The minimum atomic E-state index is -0.303. The molecule has 0 saturated carbocycles. The van der Waals surface area contributed by atoms with Crippen LogP contribution in [0.5, 0.6) is 0 Å². The van der Waals surface area contributed by atoms with E-state index >= 15 is 0 Å². The van der Waals surface area contributed by atoms with Crippen molar-refractivity contribution in [3.05, 3.63) is 57.8 Å². The Morgan fingerprint density at radius 2 is 2.21 bits per heavy atom. The van der Waals surface area contributed by atoms with Gasteiger partial charge >= 0.3 is 0 Å². The van der Waals surface area contributed by atoms with E-state index in [-0.39, 0.29) is 12.1 Å². The standard InChI is InChI=1S/C16H19NOS/c1-11(8-12-6-7-19-10-12)17-16-14-5-3-2-4-13(14)9-15(16)18/h2-7,10-11,15-18H,8-9H2,1H3/t11-,15+,16+/m1/s1. The second kappa shape index (κ2) is 5.45. The zero-order valence-electron chi connectivity index (χ0n) is 11.0. The summed E-state index contributed by atoms with van der Waals surface area (Å²) in [5.41, 5.74) is 3.90. The maximum Gasteiger partial charge on any atom is 0.0775 e. The maximum atomic E-state index is 10.2. The van der Waals surface area contributed by atoms with E-state index in [2.05, 4.69) is 47.3 Å². The number of hydrogen-bond acceptors (Lipinski definition) is 3. The summed E-state index contributed by atoms with van der Waals surface area (Å²) in [6.45, 7) is 2.19. The molecule has 1 aliphatic rings. The first-order chi connectivity index (χ1) is 9.24. The molecule has 19 heavy (non-hydrogen) atoms. The molecule has 0 unspecified atom stereocenters. The van der Waals surface area contributed by atoms with Crippen molar-refractivity contribution in [2.24, 2.45) is 0 Å². The van der Waals surface area contributed by atoms with Gasteiger partial charge in [-0.05, 0) is 46.9 Å². The molecule has 0 radical (unpaired) electrons. The molecule has 0 spiro atoms. The highest BCUT2D eigenvalue weighted by atomic mass is 32.1. The normalized spacial score (nSPS) is 23.3. The number of benzene rings is 1. The van der Waals surface area contributed by atoms with Gasteiger partial charge in [-0.2, -0.15) is 11.3 Å². The molecule has 2 N–H and O–H groups in total. The van der Waals surface area contributed by atoms with Crippen LogP contribution in [-0.2, 0) is 12.8 Å². The maximum absolute atomic E-state index is 10.2. The lowest BCUT2D eigenvalue weighted by molar-refractivity contribution is 0.135. The van der Waals surface area contributed by atoms with Gasteiger partial charge < -0.3 is 10.4 Å². The zero-order valence-corrected chi connectivity index (χ0v) is 11.9. The van der Waals surface area contributed by atoms with Crippen LogP contribution in [0.3, 0.4) is 0 Å². The number of aliphatic hydroxyl groups is 1. The van der Waals surface area contributed by atoms with E-state index in [1.54, 1.807) is 11.3 Å². The van der Waals surface area contributed by atoms with Crippen LogP contribution >= 0.6 is 11.3 Å². The molecule has 1 heterocycles. The molecule has 3 heteroatoms. The van der Waals surface area contributed by atoms with E-state index in [4.69, 9.17) is 0 Å². The fourth-order valence-electron chi connectivity index (χ4n) is 2.90. The van der Waals surface area contributed by atoms with Gasteiger partial charge in [0, 0.05) is 12.5 Å². The fourth-order valence-corrected chi connectivity index (χ4v) is 3.58. The lowest BCUT2D eigenvalue weighted by Gasteiger charge is -2.23. The summed E-state index contributed by atoms with van der Waals surface area (Å²) in [6.07, 6.45) is 1.47. The van der Waals surface area contributed by atoms with Crippen LogP contribution in [0.2, 0.25) is 0 Å². The van der Waals surface area contributed by atoms with E-state index in [1.165, 1.54) is 16.7 Å². The molecule has 3 rings (SSSR count). The van der Waals surface area contributed by atoms with E-state index in [0.29, 0.717) is 6.04 Å². The summed E-state index contributed by atoms with van der Waals surface area (Å²) in [6, 6.07) is 10.9. The Kier molecular flexibility index (Phi) is 3.69. The Hall–Kier alpha value is -1.16. The SMILES string of the molecule is C[C@H](Cc1ccsc1)N[C@H]1c2ccccc2C[C@@H]1O. The molecule has 0 aliphatic heterocycles. The zero-order chi connectivity index (χ0) is 13.2. The second-order valence-corrected chi connectivity index (χ2v) is 6.13. The van der Waals surface area contributed by atoms with E-state index < -0.39 is 0 Å². The molecule has 0 amide bonds. The summed E-state index contributed by atoms with van der Waals surface area (Å²) in [5, 5.41) is 18.1. The topological polar surface area (TPSA) is 32.3 Å². The average Bonchev–Trinajstić information content (AvgIpc) is 2.99. The number of fused-ring (bicyclic) bond motifs is 1. The molecule has 0 saturated heterocycles. The van der Waals surface area contributed by atoms with Gasteiger partial charge in [0.05, 0.1) is 12.1 Å². The van der Waals surface area contributed by atoms with Crippen molar-refractivity contribution in [1.29, 1.82) is 0 Å². The first kappa shape index (κ1) is 12.9. The van der Waals surface area contributed by atoms with Crippen LogP contribution in [-0.4, -0.2) is 17.3 Å². The van der Waals surface area contributed by atoms with Crippen LogP contribution < -0.4 is 5.32 Å². The molecule has 100 valence electrons. The van der Waals surface area contributed by atoms with Crippen LogP contribution in [0.25, 0.3) is 0 Å². The highest BCUT2D eigenvalue weighted by molar-refractivity contribution is 7.07. The third-order valence-electron chi connectivity index (χ3n) is 3.79. The predicted octanol–water partition coefficient (Wildman–Crippen LogP) is 2.93. The number of aliphatic hydroxyl groups excluding tert-OH is 1. The van der Waals surface area contributed by atoms with Crippen molar-refractivity contribution in [2.45, 2.75) is 38.0 Å². The summed E-state index contributed by atoms with van der Waals surface area (Å²) < 4.78 is 0. The number of thiophene rings is 1. The Balaban J connectivity index is 1.69. The van der Waals surface area contributed by atoms with Crippen molar-refractivity contribution >= 4 is 11.3 Å². The van der Waals surface area contributed by atoms with E-state index in [1.807, 2.05) is 6.07 Å². The smallest absolute Gasteiger partial charge is 0.0775 e. The lowest BCUT2D eigenvalue weighted by Crippen LogP contribution is -2.36. The van der Waals surface area contributed by atoms with Gasteiger partial charge in [-0.3, -0.25) is 0 Å². The molecular weight excluding hydrogens is 254 g/mol. The summed E-state index contributed by atoms with van der Waals surface area (Å²) in [4.78, 5) is 0. The van der Waals surface area contributed by atoms with Crippen molar-refractivity contribution in [3.8, 4) is 0 Å². The minimum absolute atomic E-state index is 0.0739. The summed E-state index contributed by atoms with van der Waals surface area (Å²) in [5.74, 6) is 0. The van der Waals surface area contributed by atoms with Gasteiger partial charge in [0.1, 0.15) is 0 Å². The average molecular weight is 273 g/mol. The second-order valence-electron chi connectivity index (χ2n) is 5.35. The van der Waals surface area contributed by atoms with Gasteiger partial charge in [-0.15, -0.1) is 0 Å². The highest BCUT2D eigenvalue weighted by Gasteiger charge is 2.31. The molecule has 2 aromatic rings. The Bertz CT molecular complexity index is 537. The van der Waals surface area contributed by atoms with Crippen LogP contribution in [0.1, 0.15) is 29.7 Å². The van der Waals surface area contributed by atoms with Gasteiger partial charge in [0.25, 0.3) is 0 Å². The van der Waals surface area contributed by atoms with E-state index in [0.717, 1.165) is 12.8 Å². The molecule has 1 aliphatic carbocycles. The molecule has 1 aromatic heterocycles. The van der Waals surface area contributed by atoms with Crippen LogP contribution in [0.15, 0.2) is 41.1 Å². The van der Waals surface area contributed by atoms with Gasteiger partial charge in [0.15, 0.2) is 0 Å². The fraction of sp³-hybridized carbons (Fsp3) is 0.375. The first-order valence-corrected chi connectivity index (χ1v) is 7.71. The van der Waals surface area contributed by atoms with Gasteiger partial charge in [-0.25, -0.2) is 0 Å². The number of hydrogen-bond donors (Lipinski definition) is 2. The Morgan fingerprint density at radius 1 is 1.37 bits per heavy atom. The van der Waals surface area contributed by atoms with Gasteiger partial charge in [-0.1, -0.05) is 24.3 Å². The van der Waals surface area contributed by atoms with Crippen LogP contribution in [0, 0.1) is 0 Å². The van der Waals surface area contributed by atoms with Crippen molar-refractivity contribution in [2.75, 3.05) is 0 Å². The molecule has 0 fully saturated rings. The Morgan fingerprint density at radius 3 is 3.00 bits per heavy atom. The Labute approximate surface area is 118 Å². The third kappa shape index (κ3) is 2.73. The van der Waals surface area contributed by atoms with E-state index in [9.17, 15) is 5.11 Å². The molecular formula is C16H19NOS. The molecule has 3 atom stereocenters. The number of rotatable bonds is 4. The van der Waals surface area contributed by atoms with Crippen molar-refractivity contribution < 1.29 is 5.11 Å². The summed E-state index contributed by atoms with van der Waals surface area (Å²) in [7, 11) is 0. The largest absolute Gasteiger partial charge is 0.391 e. The predicted molar refractivity (Wildman–Crippen MR) is 79.5 cm³/mol. The highest BCUT2D eigenvalue weighted by Crippen LogP contribution is 2.31. The lowest BCUT2D eigenvalue weighted by atomic mass is 10.0. The monoisotopic (exact) mass is 273 g/mol. The summed E-state index contributed by atoms with van der Waals surface area (Å²) >= 11 is 1.74. The van der Waals surface area contributed by atoms with Gasteiger partial charge in [0.2, 0.25) is 0 Å².